The Morgan fingerprint density at radius 1 is 1.08 bits per heavy atom. The summed E-state index contributed by atoms with van der Waals surface area (Å²) in [6, 6.07) is 6.51. The van der Waals surface area contributed by atoms with Gasteiger partial charge in [-0.3, -0.25) is 0 Å². The van der Waals surface area contributed by atoms with Crippen LogP contribution in [-0.2, 0) is 6.18 Å². The Morgan fingerprint density at radius 2 is 1.88 bits per heavy atom. The van der Waals surface area contributed by atoms with Crippen molar-refractivity contribution in [1.29, 1.82) is 0 Å². The third-order valence-electron chi connectivity index (χ3n) is 3.07. The van der Waals surface area contributed by atoms with Crippen LogP contribution in [0, 0.1) is 6.92 Å². The fourth-order valence-electron chi connectivity index (χ4n) is 2.03. The van der Waals surface area contributed by atoms with Gasteiger partial charge in [-0.25, -0.2) is 4.98 Å². The van der Waals surface area contributed by atoms with Crippen LogP contribution in [0.25, 0.3) is 0 Å². The molecule has 130 valence electrons. The lowest BCUT2D eigenvalue weighted by Gasteiger charge is -2.14. The predicted molar refractivity (Wildman–Crippen MR) is 86.3 cm³/mol. The van der Waals surface area contributed by atoms with Crippen molar-refractivity contribution in [3.63, 3.8) is 0 Å². The molecule has 0 amide bonds. The number of hydrogen-bond donors (Lipinski definition) is 2. The van der Waals surface area contributed by atoms with Gasteiger partial charge in [0.25, 0.3) is 0 Å². The Kier molecular flexibility index (Phi) is 4.49. The molecule has 0 saturated heterocycles. The summed E-state index contributed by atoms with van der Waals surface area (Å²) in [7, 11) is 0. The molecule has 25 heavy (non-hydrogen) atoms. The number of rotatable bonds is 4. The summed E-state index contributed by atoms with van der Waals surface area (Å²) >= 11 is 5.66. The number of nitrogens with zero attached hydrogens (tertiary/aromatic N) is 3. The standard InChI is InChI=1S/C15H11ClF3N5O/c1-8-6-13(24-25-8)23-14-20-5-4-12(22-14)21-11-3-2-9(16)7-10(11)15(17,18)19/h2-7H,1H3,(H2,20,21,22,23,24). The molecule has 3 aromatic rings. The molecule has 10 heteroatoms. The molecule has 0 fully saturated rings. The molecule has 2 N–H and O–H groups in total. The summed E-state index contributed by atoms with van der Waals surface area (Å²) in [6.45, 7) is 1.72. The molecule has 0 radical (unpaired) electrons. The van der Waals surface area contributed by atoms with E-state index in [1.807, 2.05) is 0 Å². The minimum absolute atomic E-state index is 0.00989. The molecule has 3 rings (SSSR count). The topological polar surface area (TPSA) is 75.9 Å². The van der Waals surface area contributed by atoms with E-state index in [0.717, 1.165) is 6.07 Å². The van der Waals surface area contributed by atoms with Gasteiger partial charge in [0.15, 0.2) is 5.82 Å². The van der Waals surface area contributed by atoms with Gasteiger partial charge in [0.1, 0.15) is 11.6 Å². The van der Waals surface area contributed by atoms with Crippen LogP contribution >= 0.6 is 11.6 Å². The number of alkyl halides is 3. The van der Waals surface area contributed by atoms with E-state index in [2.05, 4.69) is 25.8 Å². The predicted octanol–water partition coefficient (Wildman–Crippen LogP) is 4.93. The Balaban J connectivity index is 1.85. The normalized spacial score (nSPS) is 11.4. The Bertz CT molecular complexity index is 897. The molecule has 0 unspecified atom stereocenters. The lowest BCUT2D eigenvalue weighted by molar-refractivity contribution is -0.136. The lowest BCUT2D eigenvalue weighted by atomic mass is 10.1. The molecule has 0 saturated carbocycles. The Labute approximate surface area is 145 Å². The summed E-state index contributed by atoms with van der Waals surface area (Å²) in [4.78, 5) is 8.09. The molecule has 0 aliphatic heterocycles. The number of hydrogen-bond acceptors (Lipinski definition) is 6. The zero-order valence-corrected chi connectivity index (χ0v) is 13.5. The molecule has 0 bridgehead atoms. The van der Waals surface area contributed by atoms with Gasteiger partial charge >= 0.3 is 6.18 Å². The molecule has 0 aliphatic carbocycles. The van der Waals surface area contributed by atoms with Gasteiger partial charge in [0.2, 0.25) is 5.95 Å². The van der Waals surface area contributed by atoms with Crippen LogP contribution in [0.5, 0.6) is 0 Å². The number of nitrogens with one attached hydrogen (secondary N) is 2. The maximum absolute atomic E-state index is 13.1. The molecule has 0 aliphatic rings. The van der Waals surface area contributed by atoms with Crippen molar-refractivity contribution in [3.05, 3.63) is 52.9 Å². The number of halogens is 4. The Morgan fingerprint density at radius 3 is 2.56 bits per heavy atom. The molecule has 1 aromatic carbocycles. The van der Waals surface area contributed by atoms with Crippen LogP contribution in [0.1, 0.15) is 11.3 Å². The second-order valence-electron chi connectivity index (χ2n) is 5.03. The van der Waals surface area contributed by atoms with Gasteiger partial charge in [-0.1, -0.05) is 16.8 Å². The molecular formula is C15H11ClF3N5O. The SMILES string of the molecule is Cc1cc(Nc2nccc(Nc3ccc(Cl)cc3C(F)(F)F)n2)no1. The van der Waals surface area contributed by atoms with Crippen molar-refractivity contribution in [3.8, 4) is 0 Å². The number of anilines is 4. The van der Waals surface area contributed by atoms with E-state index >= 15 is 0 Å². The van der Waals surface area contributed by atoms with Crippen molar-refractivity contribution < 1.29 is 17.7 Å². The molecule has 2 heterocycles. The number of benzene rings is 1. The van der Waals surface area contributed by atoms with Crippen LogP contribution in [0.2, 0.25) is 5.02 Å². The smallest absolute Gasteiger partial charge is 0.360 e. The van der Waals surface area contributed by atoms with Gasteiger partial charge in [-0.05, 0) is 31.2 Å². The van der Waals surface area contributed by atoms with E-state index in [9.17, 15) is 13.2 Å². The first-order chi connectivity index (χ1) is 11.8. The molecule has 0 atom stereocenters. The van der Waals surface area contributed by atoms with Gasteiger partial charge in [-0.2, -0.15) is 18.2 Å². The van der Waals surface area contributed by atoms with E-state index in [1.54, 1.807) is 13.0 Å². The molecule has 0 spiro atoms. The van der Waals surface area contributed by atoms with Gasteiger partial charge < -0.3 is 15.2 Å². The first kappa shape index (κ1) is 17.0. The highest BCUT2D eigenvalue weighted by atomic mass is 35.5. The highest BCUT2D eigenvalue weighted by Gasteiger charge is 2.34. The second-order valence-corrected chi connectivity index (χ2v) is 5.46. The summed E-state index contributed by atoms with van der Waals surface area (Å²) in [6.07, 6.45) is -3.16. The van der Waals surface area contributed by atoms with Crippen molar-refractivity contribution in [2.24, 2.45) is 0 Å². The lowest BCUT2D eigenvalue weighted by Crippen LogP contribution is -2.09. The van der Waals surface area contributed by atoms with Crippen LogP contribution in [-0.4, -0.2) is 15.1 Å². The van der Waals surface area contributed by atoms with Crippen molar-refractivity contribution >= 4 is 34.9 Å². The van der Waals surface area contributed by atoms with Crippen LogP contribution in [0.3, 0.4) is 0 Å². The van der Waals surface area contributed by atoms with Gasteiger partial charge in [0.05, 0.1) is 11.3 Å². The Hall–Kier alpha value is -2.81. The quantitative estimate of drug-likeness (QED) is 0.679. The summed E-state index contributed by atoms with van der Waals surface area (Å²) in [5.41, 5.74) is -1.06. The average molecular weight is 370 g/mol. The minimum atomic E-state index is -4.56. The van der Waals surface area contributed by atoms with Crippen molar-refractivity contribution in [2.45, 2.75) is 13.1 Å². The summed E-state index contributed by atoms with van der Waals surface area (Å²) < 4.78 is 44.3. The van der Waals surface area contributed by atoms with Gasteiger partial charge in [0, 0.05) is 17.3 Å². The highest BCUT2D eigenvalue weighted by molar-refractivity contribution is 6.30. The third kappa shape index (κ3) is 4.18. The van der Waals surface area contributed by atoms with Crippen LogP contribution in [0.4, 0.5) is 36.4 Å². The van der Waals surface area contributed by atoms with E-state index in [1.165, 1.54) is 24.4 Å². The van der Waals surface area contributed by atoms with E-state index < -0.39 is 11.7 Å². The van der Waals surface area contributed by atoms with Crippen LogP contribution < -0.4 is 10.6 Å². The monoisotopic (exact) mass is 369 g/mol. The van der Waals surface area contributed by atoms with Crippen molar-refractivity contribution in [2.75, 3.05) is 10.6 Å². The fourth-order valence-corrected chi connectivity index (χ4v) is 2.20. The summed E-state index contributed by atoms with van der Waals surface area (Å²) in [5.74, 6) is 1.30. The van der Waals surface area contributed by atoms with E-state index in [0.29, 0.717) is 11.6 Å². The average Bonchev–Trinajstić information content (AvgIpc) is 2.93. The third-order valence-corrected chi connectivity index (χ3v) is 3.31. The number of aryl methyl sites for hydroxylation is 1. The molecular weight excluding hydrogens is 359 g/mol. The maximum atomic E-state index is 13.1. The summed E-state index contributed by atoms with van der Waals surface area (Å²) in [5, 5.41) is 9.14. The maximum Gasteiger partial charge on any atom is 0.418 e. The highest BCUT2D eigenvalue weighted by Crippen LogP contribution is 2.37. The van der Waals surface area contributed by atoms with Crippen molar-refractivity contribution in [1.82, 2.24) is 15.1 Å². The molecule has 6 nitrogen and oxygen atoms in total. The molecule has 2 aromatic heterocycles. The van der Waals surface area contributed by atoms with E-state index in [-0.39, 0.29) is 22.5 Å². The fraction of sp³-hybridized carbons (Fsp3) is 0.133. The zero-order valence-electron chi connectivity index (χ0n) is 12.7. The first-order valence-corrected chi connectivity index (χ1v) is 7.36. The minimum Gasteiger partial charge on any atom is -0.360 e. The van der Waals surface area contributed by atoms with Crippen LogP contribution in [0.15, 0.2) is 41.1 Å². The van der Waals surface area contributed by atoms with Gasteiger partial charge in [-0.15, -0.1) is 0 Å². The number of aromatic nitrogens is 3. The first-order valence-electron chi connectivity index (χ1n) is 6.98. The largest absolute Gasteiger partial charge is 0.418 e. The zero-order chi connectivity index (χ0) is 18.0. The second kappa shape index (κ2) is 6.60. The van der Waals surface area contributed by atoms with E-state index in [4.69, 9.17) is 16.1 Å².